The first-order chi connectivity index (χ1) is 8.10. The maximum atomic E-state index is 12.1. The Labute approximate surface area is 101 Å². The van der Waals surface area contributed by atoms with Crippen molar-refractivity contribution in [3.8, 4) is 11.8 Å². The summed E-state index contributed by atoms with van der Waals surface area (Å²) in [4.78, 5) is 17.5. The molecule has 0 saturated carbocycles. The van der Waals surface area contributed by atoms with E-state index in [0.717, 1.165) is 0 Å². The van der Waals surface area contributed by atoms with Gasteiger partial charge in [-0.05, 0) is 13.0 Å². The smallest absolute Gasteiger partial charge is 0.257 e. The van der Waals surface area contributed by atoms with Crippen LogP contribution in [0.25, 0.3) is 0 Å². The van der Waals surface area contributed by atoms with E-state index in [1.165, 1.54) is 24.4 Å². The molecule has 17 heavy (non-hydrogen) atoms. The van der Waals surface area contributed by atoms with Crippen LogP contribution in [0.3, 0.4) is 0 Å². The molecule has 1 heterocycles. The molecule has 0 saturated heterocycles. The number of hydrogen-bond acceptors (Lipinski definition) is 4. The van der Waals surface area contributed by atoms with Crippen LogP contribution in [-0.2, 0) is 0 Å². The number of aromatic nitrogens is 1. The van der Waals surface area contributed by atoms with Gasteiger partial charge in [0.05, 0.1) is 30.9 Å². The highest BCUT2D eigenvalue weighted by Crippen LogP contribution is 2.17. The number of ether oxygens (including phenoxy) is 1. The molecule has 0 aliphatic rings. The van der Waals surface area contributed by atoms with Gasteiger partial charge in [-0.2, -0.15) is 5.26 Å². The van der Waals surface area contributed by atoms with Crippen LogP contribution < -0.4 is 4.74 Å². The summed E-state index contributed by atoms with van der Waals surface area (Å²) < 4.78 is 5.07. The average Bonchev–Trinajstić information content (AvgIpc) is 2.37. The van der Waals surface area contributed by atoms with Gasteiger partial charge in [-0.15, -0.1) is 0 Å². The third-order valence-corrected chi connectivity index (χ3v) is 2.35. The first-order valence-electron chi connectivity index (χ1n) is 5.23. The second kappa shape index (κ2) is 5.85. The largest absolute Gasteiger partial charge is 0.494 e. The molecule has 0 aliphatic heterocycles. The van der Waals surface area contributed by atoms with E-state index in [4.69, 9.17) is 10.00 Å². The van der Waals surface area contributed by atoms with Crippen LogP contribution in [0.5, 0.6) is 5.75 Å². The summed E-state index contributed by atoms with van der Waals surface area (Å²) in [5.41, 5.74) is 0.454. The van der Waals surface area contributed by atoms with E-state index in [0.29, 0.717) is 17.9 Å². The highest BCUT2D eigenvalue weighted by Gasteiger charge is 2.17. The summed E-state index contributed by atoms with van der Waals surface area (Å²) in [6.07, 6.45) is 3.03. The maximum Gasteiger partial charge on any atom is 0.257 e. The Balaban J connectivity index is 2.86. The molecule has 5 nitrogen and oxygen atoms in total. The maximum absolute atomic E-state index is 12.1. The van der Waals surface area contributed by atoms with E-state index >= 15 is 0 Å². The minimum Gasteiger partial charge on any atom is -0.494 e. The molecule has 1 unspecified atom stereocenters. The molecule has 0 radical (unpaired) electrons. The highest BCUT2D eigenvalue weighted by atomic mass is 16.5. The van der Waals surface area contributed by atoms with Crippen molar-refractivity contribution in [3.63, 3.8) is 0 Å². The molecule has 1 rings (SSSR count). The Morgan fingerprint density at radius 2 is 2.41 bits per heavy atom. The fourth-order valence-electron chi connectivity index (χ4n) is 1.46. The van der Waals surface area contributed by atoms with Crippen molar-refractivity contribution in [1.29, 1.82) is 5.26 Å². The van der Waals surface area contributed by atoms with Gasteiger partial charge in [0.25, 0.3) is 5.91 Å². The quantitative estimate of drug-likeness (QED) is 0.786. The first-order valence-corrected chi connectivity index (χ1v) is 5.23. The number of carbonyl (C=O) groups is 1. The zero-order chi connectivity index (χ0) is 12.8. The van der Waals surface area contributed by atoms with Crippen LogP contribution in [0.2, 0.25) is 0 Å². The second-order valence-electron chi connectivity index (χ2n) is 3.79. The molecule has 0 N–H and O–H groups in total. The Hall–Kier alpha value is -2.09. The number of pyridine rings is 1. The summed E-state index contributed by atoms with van der Waals surface area (Å²) in [7, 11) is 3.15. The van der Waals surface area contributed by atoms with Gasteiger partial charge in [0.15, 0.2) is 0 Å². The van der Waals surface area contributed by atoms with Crippen molar-refractivity contribution < 1.29 is 9.53 Å². The molecule has 0 spiro atoms. The molecule has 1 aromatic rings. The Bertz CT molecular complexity index is 440. The van der Waals surface area contributed by atoms with Gasteiger partial charge < -0.3 is 9.64 Å². The zero-order valence-electron chi connectivity index (χ0n) is 10.2. The predicted molar refractivity (Wildman–Crippen MR) is 62.5 cm³/mol. The lowest BCUT2D eigenvalue weighted by Gasteiger charge is -2.19. The molecular weight excluding hydrogens is 218 g/mol. The van der Waals surface area contributed by atoms with E-state index in [-0.39, 0.29) is 11.8 Å². The number of nitrogens with zero attached hydrogens (tertiary/aromatic N) is 3. The third-order valence-electron chi connectivity index (χ3n) is 2.35. The number of amides is 1. The summed E-state index contributed by atoms with van der Waals surface area (Å²) in [5, 5.41) is 8.71. The monoisotopic (exact) mass is 233 g/mol. The summed E-state index contributed by atoms with van der Waals surface area (Å²) in [5.74, 6) is 0.0668. The molecule has 0 aliphatic carbocycles. The van der Waals surface area contributed by atoms with E-state index < -0.39 is 0 Å². The molecule has 5 heteroatoms. The second-order valence-corrected chi connectivity index (χ2v) is 3.79. The van der Waals surface area contributed by atoms with Gasteiger partial charge in [-0.25, -0.2) is 0 Å². The van der Waals surface area contributed by atoms with Crippen LogP contribution in [-0.4, -0.2) is 36.5 Å². The highest BCUT2D eigenvalue weighted by molar-refractivity contribution is 5.96. The van der Waals surface area contributed by atoms with Gasteiger partial charge in [0.1, 0.15) is 5.75 Å². The standard InChI is InChI=1S/C12H15N3O2/c1-9(6-13)8-15(2)12(16)10-4-5-14-7-11(10)17-3/h4-5,7,9H,8H2,1-3H3. The van der Waals surface area contributed by atoms with E-state index in [2.05, 4.69) is 11.1 Å². The summed E-state index contributed by atoms with van der Waals surface area (Å²) in [6, 6.07) is 3.70. The molecule has 0 fully saturated rings. The Morgan fingerprint density at radius 1 is 1.71 bits per heavy atom. The van der Waals surface area contributed by atoms with Crippen LogP contribution >= 0.6 is 0 Å². The van der Waals surface area contributed by atoms with Crippen molar-refractivity contribution in [2.75, 3.05) is 20.7 Å². The minimum atomic E-state index is -0.197. The number of rotatable bonds is 4. The van der Waals surface area contributed by atoms with Crippen molar-refractivity contribution in [2.45, 2.75) is 6.92 Å². The fraction of sp³-hybridized carbons (Fsp3) is 0.417. The van der Waals surface area contributed by atoms with E-state index in [9.17, 15) is 4.79 Å². The average molecular weight is 233 g/mol. The lowest BCUT2D eigenvalue weighted by molar-refractivity contribution is 0.0781. The Kier molecular flexibility index (Phi) is 4.46. The van der Waals surface area contributed by atoms with Gasteiger partial charge in [0, 0.05) is 19.8 Å². The third kappa shape index (κ3) is 3.18. The molecule has 90 valence electrons. The van der Waals surface area contributed by atoms with Crippen molar-refractivity contribution >= 4 is 5.91 Å². The van der Waals surface area contributed by atoms with Crippen molar-refractivity contribution in [3.05, 3.63) is 24.0 Å². The van der Waals surface area contributed by atoms with Gasteiger partial charge in [0.2, 0.25) is 0 Å². The lowest BCUT2D eigenvalue weighted by atomic mass is 10.1. The molecule has 1 aromatic heterocycles. The number of methoxy groups -OCH3 is 1. The van der Waals surface area contributed by atoms with Crippen molar-refractivity contribution in [2.24, 2.45) is 5.92 Å². The van der Waals surface area contributed by atoms with E-state index in [1.54, 1.807) is 20.0 Å². The first kappa shape index (κ1) is 13.0. The molecular formula is C12H15N3O2. The normalized spacial score (nSPS) is 11.4. The van der Waals surface area contributed by atoms with Crippen LogP contribution in [0.4, 0.5) is 0 Å². The van der Waals surface area contributed by atoms with Gasteiger partial charge >= 0.3 is 0 Å². The predicted octanol–water partition coefficient (Wildman–Crippen LogP) is 1.32. The Morgan fingerprint density at radius 3 is 3.00 bits per heavy atom. The van der Waals surface area contributed by atoms with Crippen LogP contribution in [0.1, 0.15) is 17.3 Å². The SMILES string of the molecule is COc1cnccc1C(=O)N(C)CC(C)C#N. The molecule has 1 atom stereocenters. The fourth-order valence-corrected chi connectivity index (χ4v) is 1.46. The zero-order valence-corrected chi connectivity index (χ0v) is 10.2. The number of hydrogen-bond donors (Lipinski definition) is 0. The van der Waals surface area contributed by atoms with Crippen LogP contribution in [0.15, 0.2) is 18.5 Å². The lowest BCUT2D eigenvalue weighted by Crippen LogP contribution is -2.30. The molecule has 0 bridgehead atoms. The number of nitriles is 1. The van der Waals surface area contributed by atoms with Crippen LogP contribution in [0, 0.1) is 17.2 Å². The summed E-state index contributed by atoms with van der Waals surface area (Å²) in [6.45, 7) is 2.16. The van der Waals surface area contributed by atoms with E-state index in [1.807, 2.05) is 0 Å². The topological polar surface area (TPSA) is 66.2 Å². The molecule has 0 aromatic carbocycles. The molecule has 1 amide bonds. The summed E-state index contributed by atoms with van der Waals surface area (Å²) >= 11 is 0. The van der Waals surface area contributed by atoms with Crippen molar-refractivity contribution in [1.82, 2.24) is 9.88 Å². The minimum absolute atomic E-state index is 0.175. The van der Waals surface area contributed by atoms with Gasteiger partial charge in [-0.1, -0.05) is 0 Å². The van der Waals surface area contributed by atoms with Gasteiger partial charge in [-0.3, -0.25) is 9.78 Å². The number of carbonyl (C=O) groups excluding carboxylic acids is 1.